The molecule has 2 aromatic rings. The van der Waals surface area contributed by atoms with Gasteiger partial charge in [0.1, 0.15) is 5.52 Å². The fourth-order valence-electron chi connectivity index (χ4n) is 2.30. The van der Waals surface area contributed by atoms with E-state index in [1.54, 1.807) is 0 Å². The summed E-state index contributed by atoms with van der Waals surface area (Å²) in [7, 11) is -1.57. The second kappa shape index (κ2) is 7.62. The Balaban J connectivity index is 1.61. The number of fused-ring (bicyclic) bond motifs is 1. The molecule has 0 aliphatic carbocycles. The van der Waals surface area contributed by atoms with Gasteiger partial charge in [0.05, 0.1) is 0 Å². The minimum atomic E-state index is -1.57. The van der Waals surface area contributed by atoms with Gasteiger partial charge in [0.2, 0.25) is 0 Å². The van der Waals surface area contributed by atoms with E-state index in [9.17, 15) is 0 Å². The summed E-state index contributed by atoms with van der Waals surface area (Å²) in [5, 5.41) is 0.306. The van der Waals surface area contributed by atoms with Gasteiger partial charge in [0.25, 0.3) is 0 Å². The number of hydrogen-bond acceptors (Lipinski definition) is 3. The molecule has 1 aromatic heterocycles. The van der Waals surface area contributed by atoms with Crippen LogP contribution in [0.4, 0.5) is 0 Å². The number of benzene rings is 1. The average molecular weight is 334 g/mol. The van der Waals surface area contributed by atoms with Gasteiger partial charge in [0, 0.05) is 13.0 Å². The van der Waals surface area contributed by atoms with Crippen molar-refractivity contribution in [3.63, 3.8) is 0 Å². The molecule has 0 spiro atoms. The quantitative estimate of drug-likeness (QED) is 0.442. The Morgan fingerprint density at radius 3 is 2.43 bits per heavy atom. The van der Waals surface area contributed by atoms with Crippen molar-refractivity contribution in [2.75, 3.05) is 6.61 Å². The van der Waals surface area contributed by atoms with E-state index in [0.29, 0.717) is 5.04 Å². The fourth-order valence-corrected chi connectivity index (χ4v) is 3.39. The third-order valence-electron chi connectivity index (χ3n) is 4.89. The highest BCUT2D eigenvalue weighted by atomic mass is 28.4. The summed E-state index contributed by atoms with van der Waals surface area (Å²) < 4.78 is 12.0. The number of oxazole rings is 1. The van der Waals surface area contributed by atoms with Crippen LogP contribution in [0.3, 0.4) is 0 Å². The third kappa shape index (κ3) is 5.18. The maximum Gasteiger partial charge on any atom is 0.195 e. The van der Waals surface area contributed by atoms with Gasteiger partial charge in [-0.2, -0.15) is 0 Å². The Hall–Kier alpha value is -1.13. The molecule has 3 nitrogen and oxygen atoms in total. The van der Waals surface area contributed by atoms with Gasteiger partial charge in [-0.25, -0.2) is 4.98 Å². The monoisotopic (exact) mass is 333 g/mol. The molecule has 0 amide bonds. The van der Waals surface area contributed by atoms with Crippen LogP contribution in [0.25, 0.3) is 11.1 Å². The van der Waals surface area contributed by atoms with Gasteiger partial charge in [-0.1, -0.05) is 45.7 Å². The first-order chi connectivity index (χ1) is 10.8. The fraction of sp³-hybridized carbons (Fsp3) is 0.632. The molecular weight excluding hydrogens is 302 g/mol. The maximum absolute atomic E-state index is 6.21. The summed E-state index contributed by atoms with van der Waals surface area (Å²) in [6.07, 6.45) is 5.64. The molecule has 0 saturated carbocycles. The number of para-hydroxylation sites is 2. The van der Waals surface area contributed by atoms with Crippen LogP contribution in [0, 0.1) is 0 Å². The minimum absolute atomic E-state index is 0.306. The first-order valence-corrected chi connectivity index (χ1v) is 11.7. The van der Waals surface area contributed by atoms with Crippen LogP contribution in [0.5, 0.6) is 0 Å². The number of unbranched alkanes of at least 4 members (excludes halogenated alkanes) is 3. The molecule has 1 aromatic carbocycles. The molecule has 0 N–H and O–H groups in total. The van der Waals surface area contributed by atoms with Crippen molar-refractivity contribution in [3.05, 3.63) is 30.2 Å². The summed E-state index contributed by atoms with van der Waals surface area (Å²) >= 11 is 0. The predicted octanol–water partition coefficient (Wildman–Crippen LogP) is 5.95. The van der Waals surface area contributed by atoms with Crippen molar-refractivity contribution in [2.24, 2.45) is 0 Å². The lowest BCUT2D eigenvalue weighted by molar-refractivity contribution is 0.277. The second-order valence-electron chi connectivity index (χ2n) is 7.85. The van der Waals surface area contributed by atoms with Crippen molar-refractivity contribution in [1.82, 2.24) is 4.98 Å². The van der Waals surface area contributed by atoms with Gasteiger partial charge in [0.15, 0.2) is 19.8 Å². The number of hydrogen-bond donors (Lipinski definition) is 0. The van der Waals surface area contributed by atoms with Crippen molar-refractivity contribution < 1.29 is 8.84 Å². The lowest BCUT2D eigenvalue weighted by Crippen LogP contribution is -2.40. The minimum Gasteiger partial charge on any atom is -0.441 e. The zero-order chi connectivity index (χ0) is 16.9. The Morgan fingerprint density at radius 1 is 1.04 bits per heavy atom. The van der Waals surface area contributed by atoms with Gasteiger partial charge in [-0.3, -0.25) is 0 Å². The number of nitrogens with zero attached hydrogens (tertiary/aromatic N) is 1. The van der Waals surface area contributed by atoms with Crippen LogP contribution in [-0.2, 0) is 10.8 Å². The maximum atomic E-state index is 6.21. The summed E-state index contributed by atoms with van der Waals surface area (Å²) in [5.74, 6) is 0.865. The zero-order valence-electron chi connectivity index (χ0n) is 15.3. The van der Waals surface area contributed by atoms with Crippen molar-refractivity contribution in [1.29, 1.82) is 0 Å². The second-order valence-corrected chi connectivity index (χ2v) is 12.7. The van der Waals surface area contributed by atoms with E-state index in [1.165, 1.54) is 12.8 Å². The van der Waals surface area contributed by atoms with Crippen LogP contribution in [0.15, 0.2) is 28.7 Å². The molecule has 0 aliphatic heterocycles. The molecule has 1 heterocycles. The largest absolute Gasteiger partial charge is 0.441 e. The molecule has 0 aliphatic rings. The van der Waals surface area contributed by atoms with Crippen molar-refractivity contribution in [3.8, 4) is 0 Å². The normalized spacial score (nSPS) is 12.9. The van der Waals surface area contributed by atoms with E-state index in [2.05, 4.69) is 38.8 Å². The first kappa shape index (κ1) is 18.2. The first-order valence-electron chi connectivity index (χ1n) is 8.78. The summed E-state index contributed by atoms with van der Waals surface area (Å²) in [4.78, 5) is 4.52. The molecule has 2 rings (SSSR count). The molecule has 128 valence electrons. The third-order valence-corrected chi connectivity index (χ3v) is 9.43. The van der Waals surface area contributed by atoms with Gasteiger partial charge in [-0.15, -0.1) is 0 Å². The van der Waals surface area contributed by atoms with Crippen molar-refractivity contribution >= 4 is 19.4 Å². The van der Waals surface area contributed by atoms with Crippen LogP contribution >= 0.6 is 0 Å². The zero-order valence-corrected chi connectivity index (χ0v) is 16.3. The number of aromatic nitrogens is 1. The van der Waals surface area contributed by atoms with Crippen LogP contribution in [-0.4, -0.2) is 19.9 Å². The molecule has 0 unspecified atom stereocenters. The Kier molecular flexibility index (Phi) is 6.04. The highest BCUT2D eigenvalue weighted by molar-refractivity contribution is 6.74. The van der Waals surface area contributed by atoms with E-state index in [-0.39, 0.29) is 0 Å². The molecule has 23 heavy (non-hydrogen) atoms. The van der Waals surface area contributed by atoms with Gasteiger partial charge >= 0.3 is 0 Å². The highest BCUT2D eigenvalue weighted by Crippen LogP contribution is 2.36. The van der Waals surface area contributed by atoms with Gasteiger partial charge < -0.3 is 8.84 Å². The molecule has 0 saturated heterocycles. The predicted molar refractivity (Wildman–Crippen MR) is 99.3 cm³/mol. The lowest BCUT2D eigenvalue weighted by Gasteiger charge is -2.36. The van der Waals surface area contributed by atoms with Gasteiger partial charge in [-0.05, 0) is 43.1 Å². The molecule has 0 radical (unpaired) electrons. The number of rotatable bonds is 8. The topological polar surface area (TPSA) is 35.3 Å². The van der Waals surface area contributed by atoms with E-state index in [4.69, 9.17) is 8.84 Å². The average Bonchev–Trinajstić information content (AvgIpc) is 2.87. The Labute approximate surface area is 141 Å². The van der Waals surface area contributed by atoms with E-state index in [1.807, 2.05) is 24.3 Å². The van der Waals surface area contributed by atoms with Crippen molar-refractivity contribution in [2.45, 2.75) is 71.0 Å². The Morgan fingerprint density at radius 2 is 1.74 bits per heavy atom. The highest BCUT2D eigenvalue weighted by Gasteiger charge is 2.36. The lowest BCUT2D eigenvalue weighted by atomic mass is 10.1. The smallest absolute Gasteiger partial charge is 0.195 e. The van der Waals surface area contributed by atoms with E-state index in [0.717, 1.165) is 42.9 Å². The SMILES string of the molecule is CC(C)(C)[Si](C)(C)OCCCCCCc1nc2ccccc2o1. The number of aryl methyl sites for hydroxylation is 1. The summed E-state index contributed by atoms with van der Waals surface area (Å²) in [6, 6.07) is 7.96. The van der Waals surface area contributed by atoms with E-state index < -0.39 is 8.32 Å². The molecule has 0 fully saturated rings. The molecular formula is C19H31NO2Si. The standard InChI is InChI=1S/C19H31NO2Si/c1-19(2,3)23(4,5)21-15-11-7-6-8-14-18-20-16-12-9-10-13-17(16)22-18/h9-10,12-13H,6-8,11,14-15H2,1-5H3. The van der Waals surface area contributed by atoms with E-state index >= 15 is 0 Å². The van der Waals surface area contributed by atoms with Crippen LogP contribution < -0.4 is 0 Å². The summed E-state index contributed by atoms with van der Waals surface area (Å²) in [5.41, 5.74) is 1.86. The molecule has 0 atom stereocenters. The molecule has 4 heteroatoms. The summed E-state index contributed by atoms with van der Waals surface area (Å²) in [6.45, 7) is 12.4. The van der Waals surface area contributed by atoms with Crippen LogP contribution in [0.1, 0.15) is 52.3 Å². The van der Waals surface area contributed by atoms with Crippen LogP contribution in [0.2, 0.25) is 18.1 Å². The Bertz CT molecular complexity index is 580. The molecule has 0 bridgehead atoms.